The van der Waals surface area contributed by atoms with Crippen LogP contribution in [0.3, 0.4) is 0 Å². The second kappa shape index (κ2) is 8.05. The molecule has 5 nitrogen and oxygen atoms in total. The molecule has 0 unspecified atom stereocenters. The van der Waals surface area contributed by atoms with Crippen molar-refractivity contribution in [3.05, 3.63) is 59.9 Å². The molecule has 2 aromatic heterocycles. The maximum atomic E-state index is 12.1. The maximum absolute atomic E-state index is 12.1. The summed E-state index contributed by atoms with van der Waals surface area (Å²) < 4.78 is 6.80. The van der Waals surface area contributed by atoms with Gasteiger partial charge in [-0.15, -0.1) is 11.8 Å². The Labute approximate surface area is 161 Å². The number of anilines is 1. The zero-order valence-corrected chi connectivity index (χ0v) is 16.6. The monoisotopic (exact) mass is 387 g/mol. The molecule has 1 aromatic carbocycles. The largest absolute Gasteiger partial charge is 0.444 e. The van der Waals surface area contributed by atoms with Crippen LogP contribution < -0.4 is 5.32 Å². The van der Waals surface area contributed by atoms with Crippen LogP contribution in [-0.2, 0) is 22.4 Å². The molecule has 3 rings (SSSR count). The van der Waals surface area contributed by atoms with Gasteiger partial charge >= 0.3 is 0 Å². The number of aromatic nitrogens is 2. The lowest BCUT2D eigenvalue weighted by molar-refractivity contribution is -0.115. The first kappa shape index (κ1) is 18.7. The Balaban J connectivity index is 1.51. The molecule has 0 saturated heterocycles. The number of carbonyl (C=O) groups excluding carboxylic acids is 1. The maximum Gasteiger partial charge on any atom is 0.230 e. The number of benzene rings is 1. The number of thiazole rings is 1. The van der Waals surface area contributed by atoms with Crippen LogP contribution in [0.1, 0.15) is 38.0 Å². The second-order valence-electron chi connectivity index (χ2n) is 6.85. The second-order valence-corrected chi connectivity index (χ2v) is 9.16. The highest BCUT2D eigenvalue weighted by molar-refractivity contribution is 8.00. The lowest BCUT2D eigenvalue weighted by atomic mass is 9.94. The number of thioether (sulfide) groups is 1. The average Bonchev–Trinajstić information content (AvgIpc) is 3.22. The highest BCUT2D eigenvalue weighted by Gasteiger charge is 2.19. The first-order valence-electron chi connectivity index (χ1n) is 8.28. The fraction of sp³-hybridized carbons (Fsp3) is 0.316. The van der Waals surface area contributed by atoms with Crippen molar-refractivity contribution in [3.8, 4) is 0 Å². The van der Waals surface area contributed by atoms with E-state index in [9.17, 15) is 4.79 Å². The molecular weight excluding hydrogens is 366 g/mol. The van der Waals surface area contributed by atoms with E-state index in [4.69, 9.17) is 4.42 Å². The van der Waals surface area contributed by atoms with E-state index in [1.165, 1.54) is 11.3 Å². The third-order valence-corrected chi connectivity index (χ3v) is 5.66. The number of carbonyl (C=O) groups is 1. The van der Waals surface area contributed by atoms with Crippen LogP contribution in [0, 0.1) is 0 Å². The number of nitrogens with zero attached hydrogens (tertiary/aromatic N) is 2. The summed E-state index contributed by atoms with van der Waals surface area (Å²) in [5.74, 6) is 2.15. The van der Waals surface area contributed by atoms with Crippen molar-refractivity contribution >= 4 is 34.1 Å². The zero-order chi connectivity index (χ0) is 18.6. The van der Waals surface area contributed by atoms with Gasteiger partial charge in [0.25, 0.3) is 0 Å². The molecule has 3 aromatic rings. The standard InChI is InChI=1S/C19H21N3O2S2/c1-19(2,3)14-10-20-16(24-14)12-25-17-11-21-18(26-17)22-15(23)9-13-7-5-4-6-8-13/h4-8,10-11H,9,12H2,1-3H3,(H,21,22,23). The summed E-state index contributed by atoms with van der Waals surface area (Å²) in [5.41, 5.74) is 0.936. The molecule has 1 N–H and O–H groups in total. The molecule has 0 saturated carbocycles. The number of hydrogen-bond donors (Lipinski definition) is 1. The van der Waals surface area contributed by atoms with Gasteiger partial charge in [-0.25, -0.2) is 9.97 Å². The normalized spacial score (nSPS) is 11.5. The molecule has 26 heavy (non-hydrogen) atoms. The Bertz CT molecular complexity index is 866. The Morgan fingerprint density at radius 1 is 1.19 bits per heavy atom. The smallest absolute Gasteiger partial charge is 0.230 e. The first-order valence-corrected chi connectivity index (χ1v) is 10.1. The minimum Gasteiger partial charge on any atom is -0.444 e. The third kappa shape index (κ3) is 5.19. The van der Waals surface area contributed by atoms with E-state index in [2.05, 4.69) is 36.1 Å². The van der Waals surface area contributed by atoms with Gasteiger partial charge in [-0.1, -0.05) is 62.4 Å². The molecule has 1 amide bonds. The summed E-state index contributed by atoms with van der Waals surface area (Å²) in [4.78, 5) is 20.7. The van der Waals surface area contributed by atoms with Crippen LogP contribution in [0.2, 0.25) is 0 Å². The summed E-state index contributed by atoms with van der Waals surface area (Å²) in [6.45, 7) is 6.29. The quantitative estimate of drug-likeness (QED) is 0.609. The minimum absolute atomic E-state index is 0.0450. The summed E-state index contributed by atoms with van der Waals surface area (Å²) in [6, 6.07) is 9.66. The van der Waals surface area contributed by atoms with Crippen LogP contribution >= 0.6 is 23.1 Å². The van der Waals surface area contributed by atoms with Gasteiger partial charge in [0.05, 0.1) is 28.8 Å². The first-order chi connectivity index (χ1) is 12.4. The van der Waals surface area contributed by atoms with Crippen LogP contribution in [0.15, 0.2) is 51.4 Å². The lowest BCUT2D eigenvalue weighted by Gasteiger charge is -2.12. The topological polar surface area (TPSA) is 68.0 Å². The van der Waals surface area contributed by atoms with Gasteiger partial charge in [0.2, 0.25) is 11.8 Å². The highest BCUT2D eigenvalue weighted by atomic mass is 32.2. The fourth-order valence-electron chi connectivity index (χ4n) is 2.19. The molecule has 136 valence electrons. The Morgan fingerprint density at radius 2 is 1.96 bits per heavy atom. The fourth-order valence-corrected chi connectivity index (χ4v) is 3.93. The minimum atomic E-state index is -0.0652. The number of oxazole rings is 1. The summed E-state index contributed by atoms with van der Waals surface area (Å²) >= 11 is 3.05. The van der Waals surface area contributed by atoms with Crippen LogP contribution in [0.25, 0.3) is 0 Å². The average molecular weight is 388 g/mol. The summed E-state index contributed by atoms with van der Waals surface area (Å²) in [5, 5.41) is 3.46. The van der Waals surface area contributed by atoms with Crippen molar-refractivity contribution in [1.82, 2.24) is 9.97 Å². The Morgan fingerprint density at radius 3 is 2.65 bits per heavy atom. The van der Waals surface area contributed by atoms with Gasteiger partial charge in [0.15, 0.2) is 5.13 Å². The van der Waals surface area contributed by atoms with E-state index in [-0.39, 0.29) is 11.3 Å². The molecule has 7 heteroatoms. The van der Waals surface area contributed by atoms with Crippen molar-refractivity contribution in [3.63, 3.8) is 0 Å². The van der Waals surface area contributed by atoms with Crippen molar-refractivity contribution in [1.29, 1.82) is 0 Å². The van der Waals surface area contributed by atoms with Crippen molar-refractivity contribution in [2.24, 2.45) is 0 Å². The van der Waals surface area contributed by atoms with Crippen molar-refractivity contribution < 1.29 is 9.21 Å². The van der Waals surface area contributed by atoms with E-state index in [1.807, 2.05) is 30.3 Å². The van der Waals surface area contributed by atoms with Crippen LogP contribution in [-0.4, -0.2) is 15.9 Å². The van der Waals surface area contributed by atoms with E-state index in [0.717, 1.165) is 15.5 Å². The van der Waals surface area contributed by atoms with Crippen LogP contribution in [0.5, 0.6) is 0 Å². The van der Waals surface area contributed by atoms with Gasteiger partial charge in [-0.05, 0) is 5.56 Å². The Kier molecular flexibility index (Phi) is 5.78. The lowest BCUT2D eigenvalue weighted by Crippen LogP contribution is -2.13. The summed E-state index contributed by atoms with van der Waals surface area (Å²) in [6.07, 6.45) is 3.90. The molecule has 0 fully saturated rings. The SMILES string of the molecule is CC(C)(C)c1cnc(CSc2cnc(NC(=O)Cc3ccccc3)s2)o1. The number of hydrogen-bond acceptors (Lipinski definition) is 6. The predicted molar refractivity (Wildman–Crippen MR) is 106 cm³/mol. The third-order valence-electron chi connectivity index (χ3n) is 3.57. The van der Waals surface area contributed by atoms with Gasteiger partial charge < -0.3 is 9.73 Å². The molecule has 0 spiro atoms. The number of rotatable bonds is 6. The number of nitrogens with one attached hydrogen (secondary N) is 1. The molecule has 0 aliphatic carbocycles. The van der Waals surface area contributed by atoms with Crippen LogP contribution in [0.4, 0.5) is 5.13 Å². The van der Waals surface area contributed by atoms with Crippen molar-refractivity contribution in [2.75, 3.05) is 5.32 Å². The molecule has 0 aliphatic heterocycles. The zero-order valence-electron chi connectivity index (χ0n) is 15.0. The van der Waals surface area contributed by atoms with Gasteiger partial charge in [-0.2, -0.15) is 0 Å². The summed E-state index contributed by atoms with van der Waals surface area (Å²) in [7, 11) is 0. The van der Waals surface area contributed by atoms with E-state index in [1.54, 1.807) is 24.2 Å². The van der Waals surface area contributed by atoms with E-state index in [0.29, 0.717) is 23.2 Å². The van der Waals surface area contributed by atoms with E-state index < -0.39 is 0 Å². The molecule has 2 heterocycles. The van der Waals surface area contributed by atoms with Gasteiger partial charge in [0, 0.05) is 5.41 Å². The molecule has 0 aliphatic rings. The Hall–Kier alpha value is -2.12. The molecular formula is C19H21N3O2S2. The molecule has 0 atom stereocenters. The predicted octanol–water partition coefficient (Wildman–Crippen LogP) is 4.90. The van der Waals surface area contributed by atoms with E-state index >= 15 is 0 Å². The van der Waals surface area contributed by atoms with Crippen molar-refractivity contribution in [2.45, 2.75) is 42.6 Å². The van der Waals surface area contributed by atoms with Gasteiger partial charge in [-0.3, -0.25) is 4.79 Å². The molecule has 0 bridgehead atoms. The molecule has 0 radical (unpaired) electrons. The highest BCUT2D eigenvalue weighted by Crippen LogP contribution is 2.31. The van der Waals surface area contributed by atoms with Gasteiger partial charge in [0.1, 0.15) is 5.76 Å². The number of amides is 1.